The van der Waals surface area contributed by atoms with Crippen LogP contribution in [0.3, 0.4) is 0 Å². The van der Waals surface area contributed by atoms with Crippen LogP contribution in [0.1, 0.15) is 25.3 Å². The Hall–Kier alpha value is -1.24. The van der Waals surface area contributed by atoms with Gasteiger partial charge in [-0.05, 0) is 19.4 Å². The van der Waals surface area contributed by atoms with E-state index in [1.165, 1.54) is 0 Å². The molecule has 1 heterocycles. The average molecular weight is 296 g/mol. The summed E-state index contributed by atoms with van der Waals surface area (Å²) in [5.74, 6) is 0.752. The highest BCUT2D eigenvalue weighted by molar-refractivity contribution is 5.29. The van der Waals surface area contributed by atoms with Gasteiger partial charge in [0.15, 0.2) is 0 Å². The van der Waals surface area contributed by atoms with E-state index in [1.807, 2.05) is 12.4 Å². The topological polar surface area (TPSA) is 59.5 Å². The molecule has 21 heavy (non-hydrogen) atoms. The molecule has 1 aromatic rings. The zero-order valence-corrected chi connectivity index (χ0v) is 13.5. The van der Waals surface area contributed by atoms with E-state index in [0.29, 0.717) is 6.61 Å². The van der Waals surface area contributed by atoms with Crippen molar-refractivity contribution in [2.24, 2.45) is 0 Å². The smallest absolute Gasteiger partial charge is 0.225 e. The summed E-state index contributed by atoms with van der Waals surface area (Å²) in [6.45, 7) is 7.03. The molecule has 0 radical (unpaired) electrons. The molecule has 1 aromatic heterocycles. The number of ether oxygens (including phenoxy) is 2. The first-order valence-corrected chi connectivity index (χ1v) is 7.56. The summed E-state index contributed by atoms with van der Waals surface area (Å²) < 4.78 is 10.3. The van der Waals surface area contributed by atoms with Crippen LogP contribution in [0.25, 0.3) is 0 Å². The summed E-state index contributed by atoms with van der Waals surface area (Å²) in [6, 6.07) is 0. The monoisotopic (exact) mass is 296 g/mol. The van der Waals surface area contributed by atoms with Gasteiger partial charge in [0.05, 0.1) is 6.61 Å². The zero-order chi connectivity index (χ0) is 15.3. The van der Waals surface area contributed by atoms with E-state index in [9.17, 15) is 0 Å². The Morgan fingerprint density at radius 2 is 1.81 bits per heavy atom. The first-order valence-electron chi connectivity index (χ1n) is 7.56. The Kier molecular flexibility index (Phi) is 9.69. The fourth-order valence-corrected chi connectivity index (χ4v) is 1.93. The number of anilines is 1. The highest BCUT2D eigenvalue weighted by atomic mass is 16.5. The van der Waals surface area contributed by atoms with Crippen LogP contribution < -0.4 is 10.2 Å². The summed E-state index contributed by atoms with van der Waals surface area (Å²) in [6.07, 6.45) is 5.86. The highest BCUT2D eigenvalue weighted by Gasteiger charge is 2.09. The quantitative estimate of drug-likeness (QED) is 0.589. The molecule has 120 valence electrons. The molecule has 0 spiro atoms. The lowest BCUT2D eigenvalue weighted by atomic mass is 10.3. The standard InChI is InChI=1S/C15H28N4O2/c1-4-6-16-11-14-12-17-15(18-13-14)19(8-10-21-3)7-5-9-20-2/h12-13,16H,4-11H2,1-3H3. The number of nitrogens with zero attached hydrogens (tertiary/aromatic N) is 3. The van der Waals surface area contributed by atoms with Gasteiger partial charge in [0, 0.05) is 58.4 Å². The third kappa shape index (κ3) is 7.36. The fourth-order valence-electron chi connectivity index (χ4n) is 1.93. The van der Waals surface area contributed by atoms with Gasteiger partial charge in [0.25, 0.3) is 0 Å². The molecule has 0 aromatic carbocycles. The van der Waals surface area contributed by atoms with Gasteiger partial charge >= 0.3 is 0 Å². The molecule has 0 amide bonds. The zero-order valence-electron chi connectivity index (χ0n) is 13.5. The molecule has 0 atom stereocenters. The predicted octanol–water partition coefficient (Wildman–Crippen LogP) is 1.47. The van der Waals surface area contributed by atoms with Crippen molar-refractivity contribution >= 4 is 5.95 Å². The van der Waals surface area contributed by atoms with E-state index in [4.69, 9.17) is 9.47 Å². The molecule has 0 aliphatic heterocycles. The van der Waals surface area contributed by atoms with Crippen LogP contribution in [0.5, 0.6) is 0 Å². The Morgan fingerprint density at radius 3 is 2.43 bits per heavy atom. The molecule has 1 N–H and O–H groups in total. The molecule has 0 bridgehead atoms. The average Bonchev–Trinajstić information content (AvgIpc) is 2.52. The number of methoxy groups -OCH3 is 2. The molecule has 0 aliphatic rings. The van der Waals surface area contributed by atoms with Gasteiger partial charge in [-0.25, -0.2) is 9.97 Å². The SMILES string of the molecule is CCCNCc1cnc(N(CCCOC)CCOC)nc1. The van der Waals surface area contributed by atoms with Crippen LogP contribution in [0, 0.1) is 0 Å². The van der Waals surface area contributed by atoms with Crippen molar-refractivity contribution in [1.82, 2.24) is 15.3 Å². The van der Waals surface area contributed by atoms with Crippen LogP contribution in [0.15, 0.2) is 12.4 Å². The Bertz CT molecular complexity index is 359. The van der Waals surface area contributed by atoms with Crippen molar-refractivity contribution in [3.63, 3.8) is 0 Å². The summed E-state index contributed by atoms with van der Waals surface area (Å²) in [7, 11) is 3.42. The van der Waals surface area contributed by atoms with Crippen molar-refractivity contribution < 1.29 is 9.47 Å². The lowest BCUT2D eigenvalue weighted by Gasteiger charge is -2.22. The molecule has 0 saturated heterocycles. The highest BCUT2D eigenvalue weighted by Crippen LogP contribution is 2.08. The molecule has 0 fully saturated rings. The van der Waals surface area contributed by atoms with Crippen LogP contribution in [-0.2, 0) is 16.0 Å². The third-order valence-corrected chi connectivity index (χ3v) is 3.07. The molecule has 0 unspecified atom stereocenters. The summed E-state index contributed by atoms with van der Waals surface area (Å²) in [5, 5.41) is 3.35. The van der Waals surface area contributed by atoms with Crippen LogP contribution in [0.4, 0.5) is 5.95 Å². The van der Waals surface area contributed by atoms with E-state index in [-0.39, 0.29) is 0 Å². The van der Waals surface area contributed by atoms with Crippen molar-refractivity contribution in [1.29, 1.82) is 0 Å². The lowest BCUT2D eigenvalue weighted by molar-refractivity contribution is 0.190. The number of nitrogens with one attached hydrogen (secondary N) is 1. The predicted molar refractivity (Wildman–Crippen MR) is 84.6 cm³/mol. The van der Waals surface area contributed by atoms with Gasteiger partial charge in [-0.2, -0.15) is 0 Å². The molecular formula is C15H28N4O2. The van der Waals surface area contributed by atoms with E-state index in [1.54, 1.807) is 14.2 Å². The van der Waals surface area contributed by atoms with E-state index in [0.717, 1.165) is 57.1 Å². The second-order valence-electron chi connectivity index (χ2n) is 4.89. The van der Waals surface area contributed by atoms with Gasteiger partial charge in [0.2, 0.25) is 5.95 Å². The number of rotatable bonds is 12. The van der Waals surface area contributed by atoms with Crippen molar-refractivity contribution in [3.05, 3.63) is 18.0 Å². The van der Waals surface area contributed by atoms with Gasteiger partial charge in [-0.3, -0.25) is 0 Å². The van der Waals surface area contributed by atoms with Crippen molar-refractivity contribution in [2.45, 2.75) is 26.3 Å². The fraction of sp³-hybridized carbons (Fsp3) is 0.733. The minimum Gasteiger partial charge on any atom is -0.385 e. The Morgan fingerprint density at radius 1 is 1.10 bits per heavy atom. The molecular weight excluding hydrogens is 268 g/mol. The second kappa shape index (κ2) is 11.4. The van der Waals surface area contributed by atoms with Gasteiger partial charge in [0.1, 0.15) is 0 Å². The maximum absolute atomic E-state index is 5.15. The first kappa shape index (κ1) is 17.8. The van der Waals surface area contributed by atoms with E-state index in [2.05, 4.69) is 27.1 Å². The van der Waals surface area contributed by atoms with E-state index >= 15 is 0 Å². The van der Waals surface area contributed by atoms with Crippen molar-refractivity contribution in [2.75, 3.05) is 52.0 Å². The Balaban J connectivity index is 2.55. The van der Waals surface area contributed by atoms with Crippen molar-refractivity contribution in [3.8, 4) is 0 Å². The molecule has 6 heteroatoms. The molecule has 1 rings (SSSR count). The minimum absolute atomic E-state index is 0.663. The van der Waals surface area contributed by atoms with Crippen LogP contribution in [0.2, 0.25) is 0 Å². The third-order valence-electron chi connectivity index (χ3n) is 3.07. The molecule has 6 nitrogen and oxygen atoms in total. The number of hydrogen-bond acceptors (Lipinski definition) is 6. The first-order chi connectivity index (χ1) is 10.3. The maximum Gasteiger partial charge on any atom is 0.225 e. The summed E-state index contributed by atoms with van der Waals surface area (Å²) in [5.41, 5.74) is 1.11. The largest absolute Gasteiger partial charge is 0.385 e. The number of aromatic nitrogens is 2. The number of hydrogen-bond donors (Lipinski definition) is 1. The van der Waals surface area contributed by atoms with Gasteiger partial charge < -0.3 is 19.7 Å². The summed E-state index contributed by atoms with van der Waals surface area (Å²) >= 11 is 0. The van der Waals surface area contributed by atoms with Crippen LogP contribution >= 0.6 is 0 Å². The van der Waals surface area contributed by atoms with E-state index < -0.39 is 0 Å². The minimum atomic E-state index is 0.663. The lowest BCUT2D eigenvalue weighted by Crippen LogP contribution is -2.30. The molecule has 0 saturated carbocycles. The van der Waals surface area contributed by atoms with Gasteiger partial charge in [-0.1, -0.05) is 6.92 Å². The van der Waals surface area contributed by atoms with Crippen LogP contribution in [-0.4, -0.2) is 57.0 Å². The molecule has 0 aliphatic carbocycles. The van der Waals surface area contributed by atoms with Gasteiger partial charge in [-0.15, -0.1) is 0 Å². The maximum atomic E-state index is 5.15. The normalized spacial score (nSPS) is 10.8. The second-order valence-corrected chi connectivity index (χ2v) is 4.89. The Labute approximate surface area is 127 Å². The summed E-state index contributed by atoms with van der Waals surface area (Å²) in [4.78, 5) is 11.1.